The van der Waals surface area contributed by atoms with Crippen LogP contribution in [0, 0.1) is 20.8 Å². The second kappa shape index (κ2) is 8.95. The minimum Gasteiger partial charge on any atom is -0.462 e. The van der Waals surface area contributed by atoms with Gasteiger partial charge in [-0.15, -0.1) is 0 Å². The van der Waals surface area contributed by atoms with Gasteiger partial charge in [0.1, 0.15) is 0 Å². The highest BCUT2D eigenvalue weighted by atomic mass is 16.5. The molecule has 1 heterocycles. The van der Waals surface area contributed by atoms with Crippen molar-refractivity contribution in [1.82, 2.24) is 4.57 Å². The normalized spacial score (nSPS) is 10.8. The number of nitrogens with zero attached hydrogens (tertiary/aromatic N) is 1. The van der Waals surface area contributed by atoms with Crippen LogP contribution in [0.2, 0.25) is 0 Å². The lowest BCUT2D eigenvalue weighted by Gasteiger charge is -2.15. The van der Waals surface area contributed by atoms with Gasteiger partial charge in [0.2, 0.25) is 5.91 Å². The van der Waals surface area contributed by atoms with E-state index >= 15 is 0 Å². The molecule has 156 valence electrons. The highest BCUT2D eigenvalue weighted by molar-refractivity contribution is 5.93. The van der Waals surface area contributed by atoms with Gasteiger partial charge in [-0.1, -0.05) is 11.6 Å². The van der Waals surface area contributed by atoms with Crippen molar-refractivity contribution in [3.05, 3.63) is 75.1 Å². The molecule has 0 unspecified atom stereocenters. The molecule has 2 aromatic carbocycles. The number of ether oxygens (including phenoxy) is 1. The fourth-order valence-corrected chi connectivity index (χ4v) is 3.63. The summed E-state index contributed by atoms with van der Waals surface area (Å²) in [5, 5.41) is 3.84. The second-order valence-electron chi connectivity index (χ2n) is 7.39. The quantitative estimate of drug-likeness (QED) is 0.625. The summed E-state index contributed by atoms with van der Waals surface area (Å²) in [5.41, 5.74) is 4.86. The van der Waals surface area contributed by atoms with Crippen LogP contribution < -0.4 is 10.9 Å². The Kier molecular flexibility index (Phi) is 6.35. The number of rotatable bonds is 6. The SMILES string of the molecule is CCOC(=O)c1ccc(NC(=O)CCn2c(=O)cc(C)c3cc(C)cc(C)c32)cc1. The van der Waals surface area contributed by atoms with Gasteiger partial charge in [0, 0.05) is 30.1 Å². The van der Waals surface area contributed by atoms with Crippen molar-refractivity contribution >= 4 is 28.5 Å². The fourth-order valence-electron chi connectivity index (χ4n) is 3.63. The highest BCUT2D eigenvalue weighted by Gasteiger charge is 2.12. The number of aromatic nitrogens is 1. The van der Waals surface area contributed by atoms with Crippen LogP contribution in [-0.4, -0.2) is 23.1 Å². The van der Waals surface area contributed by atoms with Gasteiger partial charge in [-0.25, -0.2) is 4.79 Å². The molecule has 1 aromatic heterocycles. The van der Waals surface area contributed by atoms with E-state index in [4.69, 9.17) is 4.74 Å². The molecule has 3 aromatic rings. The Morgan fingerprint density at radius 1 is 1.00 bits per heavy atom. The van der Waals surface area contributed by atoms with E-state index in [1.54, 1.807) is 41.8 Å². The van der Waals surface area contributed by atoms with Crippen molar-refractivity contribution in [3.63, 3.8) is 0 Å². The average Bonchev–Trinajstić information content (AvgIpc) is 2.69. The number of hydrogen-bond acceptors (Lipinski definition) is 4. The molecule has 0 atom stereocenters. The maximum Gasteiger partial charge on any atom is 0.338 e. The van der Waals surface area contributed by atoms with Gasteiger partial charge in [-0.2, -0.15) is 0 Å². The first-order valence-corrected chi connectivity index (χ1v) is 9.98. The molecule has 3 rings (SSSR count). The van der Waals surface area contributed by atoms with Gasteiger partial charge in [-0.05, 0) is 69.2 Å². The monoisotopic (exact) mass is 406 g/mol. The first-order chi connectivity index (χ1) is 14.3. The number of amides is 1. The summed E-state index contributed by atoms with van der Waals surface area (Å²) in [6, 6.07) is 12.3. The molecular formula is C24H26N2O4. The van der Waals surface area contributed by atoms with E-state index in [1.165, 1.54) is 0 Å². The number of nitrogens with one attached hydrogen (secondary N) is 1. The van der Waals surface area contributed by atoms with Crippen LogP contribution in [0.5, 0.6) is 0 Å². The Bertz CT molecular complexity index is 1160. The summed E-state index contributed by atoms with van der Waals surface area (Å²) >= 11 is 0. The predicted octanol–water partition coefficient (Wildman–Crippen LogP) is 4.13. The Balaban J connectivity index is 1.74. The van der Waals surface area contributed by atoms with Crippen molar-refractivity contribution < 1.29 is 14.3 Å². The summed E-state index contributed by atoms with van der Waals surface area (Å²) in [4.78, 5) is 36.8. The van der Waals surface area contributed by atoms with E-state index in [-0.39, 0.29) is 24.4 Å². The van der Waals surface area contributed by atoms with Crippen molar-refractivity contribution in [2.24, 2.45) is 0 Å². The molecule has 0 aliphatic carbocycles. The van der Waals surface area contributed by atoms with Gasteiger partial charge in [0.15, 0.2) is 0 Å². The Labute approximate surface area is 175 Å². The first kappa shape index (κ1) is 21.3. The van der Waals surface area contributed by atoms with Gasteiger partial charge >= 0.3 is 5.97 Å². The first-order valence-electron chi connectivity index (χ1n) is 9.98. The van der Waals surface area contributed by atoms with E-state index in [1.807, 2.05) is 26.8 Å². The van der Waals surface area contributed by atoms with Crippen molar-refractivity contribution in [1.29, 1.82) is 0 Å². The molecule has 0 fully saturated rings. The maximum atomic E-state index is 12.6. The molecule has 6 nitrogen and oxygen atoms in total. The molecule has 1 N–H and O–H groups in total. The lowest BCUT2D eigenvalue weighted by Crippen LogP contribution is -2.24. The number of pyridine rings is 1. The number of aryl methyl sites for hydroxylation is 4. The Hall–Kier alpha value is -3.41. The average molecular weight is 406 g/mol. The number of hydrogen-bond donors (Lipinski definition) is 1. The van der Waals surface area contributed by atoms with Crippen LogP contribution in [0.3, 0.4) is 0 Å². The fraction of sp³-hybridized carbons (Fsp3) is 0.292. The largest absolute Gasteiger partial charge is 0.462 e. The van der Waals surface area contributed by atoms with E-state index in [0.29, 0.717) is 17.9 Å². The molecule has 0 aliphatic heterocycles. The van der Waals surface area contributed by atoms with Gasteiger partial charge < -0.3 is 14.6 Å². The molecule has 0 spiro atoms. The van der Waals surface area contributed by atoms with Crippen LogP contribution in [0.25, 0.3) is 10.9 Å². The summed E-state index contributed by atoms with van der Waals surface area (Å²) in [6.07, 6.45) is 0.158. The standard InChI is InChI=1S/C24H26N2O4/c1-5-30-24(29)18-6-8-19(9-7-18)25-21(27)10-11-26-22(28)14-16(3)20-13-15(2)12-17(4)23(20)26/h6-9,12-14H,5,10-11H2,1-4H3,(H,25,27). The molecule has 0 saturated heterocycles. The van der Waals surface area contributed by atoms with Crippen molar-refractivity contribution in [3.8, 4) is 0 Å². The lowest BCUT2D eigenvalue weighted by molar-refractivity contribution is -0.116. The summed E-state index contributed by atoms with van der Waals surface area (Å²) in [7, 11) is 0. The van der Waals surface area contributed by atoms with Crippen LogP contribution in [-0.2, 0) is 16.1 Å². The molecular weight excluding hydrogens is 380 g/mol. The molecule has 30 heavy (non-hydrogen) atoms. The molecule has 0 saturated carbocycles. The van der Waals surface area contributed by atoms with Crippen LogP contribution in [0.1, 0.15) is 40.4 Å². The third kappa shape index (κ3) is 4.59. The maximum absolute atomic E-state index is 12.6. The van der Waals surface area contributed by atoms with Gasteiger partial charge in [-0.3, -0.25) is 9.59 Å². The lowest BCUT2D eigenvalue weighted by atomic mass is 10.0. The highest BCUT2D eigenvalue weighted by Crippen LogP contribution is 2.22. The number of anilines is 1. The predicted molar refractivity (Wildman–Crippen MR) is 118 cm³/mol. The number of fused-ring (bicyclic) bond motifs is 1. The molecule has 0 radical (unpaired) electrons. The van der Waals surface area contributed by atoms with Crippen molar-refractivity contribution in [2.75, 3.05) is 11.9 Å². The van der Waals surface area contributed by atoms with Gasteiger partial charge in [0.05, 0.1) is 17.7 Å². The van der Waals surface area contributed by atoms with Crippen LogP contribution in [0.4, 0.5) is 5.69 Å². The Morgan fingerprint density at radius 3 is 2.37 bits per heavy atom. The summed E-state index contributed by atoms with van der Waals surface area (Å²) in [5.74, 6) is -0.601. The van der Waals surface area contributed by atoms with E-state index in [2.05, 4.69) is 11.4 Å². The zero-order valence-corrected chi connectivity index (χ0v) is 17.7. The molecule has 0 bridgehead atoms. The van der Waals surface area contributed by atoms with E-state index in [9.17, 15) is 14.4 Å². The van der Waals surface area contributed by atoms with E-state index in [0.717, 1.165) is 27.6 Å². The van der Waals surface area contributed by atoms with Crippen LogP contribution >= 0.6 is 0 Å². The van der Waals surface area contributed by atoms with Crippen molar-refractivity contribution in [2.45, 2.75) is 40.7 Å². The zero-order chi connectivity index (χ0) is 21.8. The molecule has 1 amide bonds. The second-order valence-corrected chi connectivity index (χ2v) is 7.39. The minimum absolute atomic E-state index is 0.112. The topological polar surface area (TPSA) is 77.4 Å². The number of carbonyl (C=O) groups is 2. The van der Waals surface area contributed by atoms with Crippen LogP contribution in [0.15, 0.2) is 47.3 Å². The minimum atomic E-state index is -0.397. The summed E-state index contributed by atoms with van der Waals surface area (Å²) in [6.45, 7) is 8.28. The Morgan fingerprint density at radius 2 is 1.70 bits per heavy atom. The summed E-state index contributed by atoms with van der Waals surface area (Å²) < 4.78 is 6.62. The number of esters is 1. The van der Waals surface area contributed by atoms with E-state index < -0.39 is 5.97 Å². The molecule has 6 heteroatoms. The van der Waals surface area contributed by atoms with Gasteiger partial charge in [0.25, 0.3) is 5.56 Å². The third-order valence-corrected chi connectivity index (χ3v) is 4.99. The zero-order valence-electron chi connectivity index (χ0n) is 17.7. The number of carbonyl (C=O) groups excluding carboxylic acids is 2. The number of benzene rings is 2. The smallest absolute Gasteiger partial charge is 0.338 e. The third-order valence-electron chi connectivity index (χ3n) is 4.99. The molecule has 0 aliphatic rings.